The lowest BCUT2D eigenvalue weighted by Gasteiger charge is -2.35. The summed E-state index contributed by atoms with van der Waals surface area (Å²) in [6, 6.07) is 21.9. The van der Waals surface area contributed by atoms with Gasteiger partial charge in [-0.25, -0.2) is 4.79 Å². The summed E-state index contributed by atoms with van der Waals surface area (Å²) in [6.45, 7) is 5.81. The van der Waals surface area contributed by atoms with Crippen LogP contribution in [-0.4, -0.2) is 62.7 Å². The number of hydrogen-bond acceptors (Lipinski definition) is 9. The maximum Gasteiger partial charge on any atom is 0.348 e. The number of nitrogens with two attached hydrogens (primary N) is 1. The van der Waals surface area contributed by atoms with E-state index in [-0.39, 0.29) is 12.4 Å². The molecule has 3 heterocycles. The maximum absolute atomic E-state index is 12.0. The van der Waals surface area contributed by atoms with Gasteiger partial charge in [-0.2, -0.15) is 9.97 Å². The molecule has 1 aliphatic rings. The van der Waals surface area contributed by atoms with Crippen LogP contribution in [-0.2, 0) is 17.8 Å². The van der Waals surface area contributed by atoms with Crippen molar-refractivity contribution in [1.29, 1.82) is 0 Å². The highest BCUT2D eigenvalue weighted by Crippen LogP contribution is 2.27. The van der Waals surface area contributed by atoms with Gasteiger partial charge >= 0.3 is 5.97 Å². The molecule has 10 heteroatoms. The lowest BCUT2D eigenvalue weighted by Crippen LogP contribution is -2.46. The van der Waals surface area contributed by atoms with E-state index >= 15 is 0 Å². The number of carbonyl (C=O) groups is 1. The van der Waals surface area contributed by atoms with Gasteiger partial charge in [0.2, 0.25) is 17.4 Å². The zero-order valence-electron chi connectivity index (χ0n) is 22.3. The number of ether oxygens (including phenoxy) is 2. The Morgan fingerprint density at radius 2 is 1.70 bits per heavy atom. The number of nitrogens with zero attached hydrogens (tertiary/aromatic N) is 5. The second-order valence-corrected chi connectivity index (χ2v) is 9.92. The molecule has 3 N–H and O–H groups in total. The van der Waals surface area contributed by atoms with Gasteiger partial charge in [0, 0.05) is 57.6 Å². The first-order valence-corrected chi connectivity index (χ1v) is 13.1. The molecule has 2 aromatic carbocycles. The normalized spacial score (nSPS) is 15.3. The molecule has 1 saturated heterocycles. The molecule has 1 unspecified atom stereocenters. The number of anilines is 2. The first kappa shape index (κ1) is 26.9. The molecule has 10 nitrogen and oxygen atoms in total. The SMILES string of the molecule is CC(Cc1ccc(Oc2cc(N3CCN(Cc4cccnc4)CC3)nc(N)n2)cc1)(Oc1ccccc1)C(=O)O. The minimum Gasteiger partial charge on any atom is -0.478 e. The molecule has 206 valence electrons. The standard InChI is InChI=1S/C30H32N6O4/c1-30(28(37)38,40-25-7-3-2-4-8-25)19-22-9-11-24(12-10-22)39-27-18-26(33-29(31)34-27)36-16-14-35(15-17-36)21-23-6-5-13-32-20-23/h2-13,18,20H,14-17,19,21H2,1H3,(H,37,38)(H2,31,33,34). The second kappa shape index (κ2) is 12.0. The Morgan fingerprint density at radius 3 is 2.38 bits per heavy atom. The van der Waals surface area contributed by atoms with Crippen LogP contribution in [0.5, 0.6) is 17.4 Å². The summed E-state index contributed by atoms with van der Waals surface area (Å²) in [4.78, 5) is 29.5. The van der Waals surface area contributed by atoms with Gasteiger partial charge in [-0.05, 0) is 48.4 Å². The van der Waals surface area contributed by atoms with E-state index < -0.39 is 11.6 Å². The predicted molar refractivity (Wildman–Crippen MR) is 152 cm³/mol. The molecule has 5 rings (SSSR count). The second-order valence-electron chi connectivity index (χ2n) is 9.92. The topological polar surface area (TPSA) is 127 Å². The van der Waals surface area contributed by atoms with Crippen LogP contribution in [0.1, 0.15) is 18.1 Å². The van der Waals surface area contributed by atoms with Crippen molar-refractivity contribution in [3.8, 4) is 17.4 Å². The Morgan fingerprint density at radius 1 is 0.950 bits per heavy atom. The van der Waals surface area contributed by atoms with Gasteiger partial charge in [-0.1, -0.05) is 36.4 Å². The highest BCUT2D eigenvalue weighted by Gasteiger charge is 2.36. The van der Waals surface area contributed by atoms with Crippen molar-refractivity contribution in [3.05, 3.63) is 96.3 Å². The molecule has 40 heavy (non-hydrogen) atoms. The first-order valence-electron chi connectivity index (χ1n) is 13.1. The molecule has 1 atom stereocenters. The minimum absolute atomic E-state index is 0.136. The molecule has 0 saturated carbocycles. The molecule has 0 aliphatic carbocycles. The lowest BCUT2D eigenvalue weighted by molar-refractivity contribution is -0.153. The average Bonchev–Trinajstić information content (AvgIpc) is 2.95. The summed E-state index contributed by atoms with van der Waals surface area (Å²) < 4.78 is 11.8. The molecule has 1 aliphatic heterocycles. The minimum atomic E-state index is -1.43. The fourth-order valence-electron chi connectivity index (χ4n) is 4.62. The van der Waals surface area contributed by atoms with Crippen molar-refractivity contribution >= 4 is 17.7 Å². The van der Waals surface area contributed by atoms with Gasteiger partial charge in [0.1, 0.15) is 17.3 Å². The summed E-state index contributed by atoms with van der Waals surface area (Å²) >= 11 is 0. The molecular weight excluding hydrogens is 508 g/mol. The number of nitrogen functional groups attached to an aromatic ring is 1. The van der Waals surface area contributed by atoms with E-state index in [4.69, 9.17) is 15.2 Å². The Kier molecular flexibility index (Phi) is 8.07. The van der Waals surface area contributed by atoms with Crippen LogP contribution in [0.2, 0.25) is 0 Å². The van der Waals surface area contributed by atoms with E-state index in [9.17, 15) is 9.90 Å². The molecule has 4 aromatic rings. The van der Waals surface area contributed by atoms with Gasteiger partial charge in [0.05, 0.1) is 0 Å². The molecule has 1 fully saturated rings. The van der Waals surface area contributed by atoms with Crippen LogP contribution < -0.4 is 20.1 Å². The van der Waals surface area contributed by atoms with E-state index in [0.717, 1.165) is 44.1 Å². The van der Waals surface area contributed by atoms with Gasteiger partial charge in [0.15, 0.2) is 0 Å². The van der Waals surface area contributed by atoms with Crippen molar-refractivity contribution in [2.24, 2.45) is 0 Å². The number of benzene rings is 2. The van der Waals surface area contributed by atoms with Crippen LogP contribution in [0.15, 0.2) is 85.2 Å². The fourth-order valence-corrected chi connectivity index (χ4v) is 4.62. The average molecular weight is 541 g/mol. The number of para-hydroxylation sites is 1. The van der Waals surface area contributed by atoms with Crippen LogP contribution in [0, 0.1) is 0 Å². The third-order valence-electron chi connectivity index (χ3n) is 6.76. The highest BCUT2D eigenvalue weighted by atomic mass is 16.5. The quantitative estimate of drug-likeness (QED) is 0.304. The van der Waals surface area contributed by atoms with Crippen LogP contribution in [0.25, 0.3) is 0 Å². The number of carboxylic acids is 1. The molecule has 0 radical (unpaired) electrons. The number of carboxylic acid groups (broad SMARTS) is 1. The summed E-state index contributed by atoms with van der Waals surface area (Å²) in [5, 5.41) is 9.86. The third kappa shape index (κ3) is 6.83. The Hall–Kier alpha value is -4.70. The van der Waals surface area contributed by atoms with Crippen LogP contribution in [0.4, 0.5) is 11.8 Å². The molecular formula is C30H32N6O4. The van der Waals surface area contributed by atoms with Gasteiger partial charge in [-0.15, -0.1) is 0 Å². The van der Waals surface area contributed by atoms with Crippen molar-refractivity contribution in [3.63, 3.8) is 0 Å². The summed E-state index contributed by atoms with van der Waals surface area (Å²) in [6.07, 6.45) is 3.86. The molecule has 0 spiro atoms. The number of aliphatic carboxylic acids is 1. The van der Waals surface area contributed by atoms with E-state index in [0.29, 0.717) is 17.4 Å². The number of pyridine rings is 1. The van der Waals surface area contributed by atoms with Gasteiger partial charge in [-0.3, -0.25) is 9.88 Å². The monoisotopic (exact) mass is 540 g/mol. The van der Waals surface area contributed by atoms with Crippen molar-refractivity contribution in [2.75, 3.05) is 36.8 Å². The van der Waals surface area contributed by atoms with Crippen LogP contribution >= 0.6 is 0 Å². The fraction of sp³-hybridized carbons (Fsp3) is 0.267. The Labute approximate surface area is 233 Å². The van der Waals surface area contributed by atoms with Crippen molar-refractivity contribution in [2.45, 2.75) is 25.5 Å². The Bertz CT molecular complexity index is 1410. The van der Waals surface area contributed by atoms with E-state index in [2.05, 4.69) is 30.8 Å². The number of rotatable bonds is 10. The number of hydrogen-bond donors (Lipinski definition) is 2. The summed E-state index contributed by atoms with van der Waals surface area (Å²) in [7, 11) is 0. The molecule has 2 aromatic heterocycles. The molecule has 0 amide bonds. The third-order valence-corrected chi connectivity index (χ3v) is 6.76. The first-order chi connectivity index (χ1) is 19.4. The smallest absolute Gasteiger partial charge is 0.348 e. The predicted octanol–water partition coefficient (Wildman–Crippen LogP) is 4.03. The zero-order valence-corrected chi connectivity index (χ0v) is 22.3. The van der Waals surface area contributed by atoms with E-state index in [1.807, 2.05) is 30.5 Å². The zero-order chi connectivity index (χ0) is 28.0. The molecule has 0 bridgehead atoms. The number of aromatic nitrogens is 3. The largest absolute Gasteiger partial charge is 0.478 e. The maximum atomic E-state index is 12.0. The highest BCUT2D eigenvalue weighted by molar-refractivity contribution is 5.78. The summed E-state index contributed by atoms with van der Waals surface area (Å²) in [5.74, 6) is 1.21. The Balaban J connectivity index is 1.21. The van der Waals surface area contributed by atoms with Gasteiger partial charge < -0.3 is 25.2 Å². The van der Waals surface area contributed by atoms with Crippen molar-refractivity contribution < 1.29 is 19.4 Å². The van der Waals surface area contributed by atoms with Crippen molar-refractivity contribution in [1.82, 2.24) is 19.9 Å². The van der Waals surface area contributed by atoms with E-state index in [1.165, 1.54) is 5.56 Å². The lowest BCUT2D eigenvalue weighted by atomic mass is 9.96. The number of piperazine rings is 1. The van der Waals surface area contributed by atoms with E-state index in [1.54, 1.807) is 55.6 Å². The summed E-state index contributed by atoms with van der Waals surface area (Å²) in [5.41, 5.74) is 6.58. The van der Waals surface area contributed by atoms with Crippen LogP contribution in [0.3, 0.4) is 0 Å². The van der Waals surface area contributed by atoms with Gasteiger partial charge in [0.25, 0.3) is 0 Å².